The molecule has 190 valence electrons. The zero-order valence-corrected chi connectivity index (χ0v) is 22.1. The second-order valence-electron chi connectivity index (χ2n) is 8.74. The summed E-state index contributed by atoms with van der Waals surface area (Å²) in [5, 5.41) is 19.8. The van der Waals surface area contributed by atoms with Gasteiger partial charge in [0.25, 0.3) is 0 Å². The number of carboxylic acid groups (broad SMARTS) is 2. The lowest BCUT2D eigenvalue weighted by Gasteiger charge is -2.33. The van der Waals surface area contributed by atoms with Crippen LogP contribution in [0.25, 0.3) is 20.5 Å². The van der Waals surface area contributed by atoms with Gasteiger partial charge in [0.05, 0.1) is 23.6 Å². The molecule has 2 aromatic carbocycles. The highest BCUT2D eigenvalue weighted by molar-refractivity contribution is 9.10. The topological polar surface area (TPSA) is 113 Å². The van der Waals surface area contributed by atoms with Crippen LogP contribution in [0.3, 0.4) is 0 Å². The number of fused-ring (bicyclic) bond motifs is 1. The molecular weight excluding hydrogens is 550 g/mol. The molecule has 10 heteroatoms. The maximum atomic E-state index is 12.8. The van der Waals surface area contributed by atoms with E-state index in [1.54, 1.807) is 31.2 Å². The summed E-state index contributed by atoms with van der Waals surface area (Å²) in [7, 11) is 0. The van der Waals surface area contributed by atoms with E-state index in [1.165, 1.54) is 16.2 Å². The maximum absolute atomic E-state index is 12.8. The van der Waals surface area contributed by atoms with Crippen LogP contribution >= 0.6 is 27.3 Å². The Bertz CT molecular complexity index is 1300. The van der Waals surface area contributed by atoms with Crippen molar-refractivity contribution in [2.24, 2.45) is 0 Å². The standard InChI is InChI=1S/C26H26BrNO7S/c1-2-34-24(31)28(15-26(35-25(32)33)11-5-6-12-26)14-16-9-10-20-19(13-16)21(27)22(36-20)17-7-3-4-8-18(17)23(29)30/h3-4,7-10,13H,2,5-6,11-12,14-15H2,1H3,(H,29,30)(H,32,33). The summed E-state index contributed by atoms with van der Waals surface area (Å²) in [5.41, 5.74) is 0.732. The number of ether oxygens (including phenoxy) is 2. The van der Waals surface area contributed by atoms with Gasteiger partial charge in [-0.25, -0.2) is 14.4 Å². The van der Waals surface area contributed by atoms with Crippen molar-refractivity contribution in [3.8, 4) is 10.4 Å². The van der Waals surface area contributed by atoms with E-state index < -0.39 is 23.8 Å². The summed E-state index contributed by atoms with van der Waals surface area (Å²) in [4.78, 5) is 38.2. The molecule has 0 atom stereocenters. The van der Waals surface area contributed by atoms with Crippen molar-refractivity contribution in [2.75, 3.05) is 13.2 Å². The van der Waals surface area contributed by atoms with Gasteiger partial charge in [-0.2, -0.15) is 0 Å². The monoisotopic (exact) mass is 575 g/mol. The Hall–Kier alpha value is -3.11. The Kier molecular flexibility index (Phi) is 7.85. The van der Waals surface area contributed by atoms with Gasteiger partial charge >= 0.3 is 18.2 Å². The van der Waals surface area contributed by atoms with Gasteiger partial charge < -0.3 is 19.7 Å². The van der Waals surface area contributed by atoms with Gasteiger partial charge in [-0.1, -0.05) is 24.3 Å². The van der Waals surface area contributed by atoms with Crippen LogP contribution in [-0.4, -0.2) is 52.1 Å². The molecule has 0 spiro atoms. The minimum absolute atomic E-state index is 0.109. The van der Waals surface area contributed by atoms with Crippen molar-refractivity contribution in [1.29, 1.82) is 0 Å². The van der Waals surface area contributed by atoms with E-state index in [0.29, 0.717) is 18.4 Å². The lowest BCUT2D eigenvalue weighted by Crippen LogP contribution is -2.46. The van der Waals surface area contributed by atoms with E-state index in [1.807, 2.05) is 18.2 Å². The van der Waals surface area contributed by atoms with Crippen LogP contribution in [0.2, 0.25) is 0 Å². The van der Waals surface area contributed by atoms with Crippen LogP contribution in [0.15, 0.2) is 46.9 Å². The molecule has 36 heavy (non-hydrogen) atoms. The number of halogens is 1. The van der Waals surface area contributed by atoms with E-state index in [0.717, 1.165) is 37.8 Å². The van der Waals surface area contributed by atoms with Gasteiger partial charge in [0.15, 0.2) is 0 Å². The molecule has 0 radical (unpaired) electrons. The second-order valence-corrected chi connectivity index (χ2v) is 10.6. The first kappa shape index (κ1) is 26.0. The first-order valence-corrected chi connectivity index (χ1v) is 13.2. The number of carboxylic acids is 1. The number of amides is 1. The summed E-state index contributed by atoms with van der Waals surface area (Å²) in [6.07, 6.45) is 0.890. The Labute approximate surface area is 220 Å². The van der Waals surface area contributed by atoms with Gasteiger partial charge in [-0.05, 0) is 72.3 Å². The van der Waals surface area contributed by atoms with Gasteiger partial charge in [0, 0.05) is 26.7 Å². The average Bonchev–Trinajstić information content (AvgIpc) is 3.42. The smallest absolute Gasteiger partial charge is 0.478 e. The lowest BCUT2D eigenvalue weighted by molar-refractivity contribution is -0.0357. The highest BCUT2D eigenvalue weighted by Crippen LogP contribution is 2.44. The quantitative estimate of drug-likeness (QED) is 0.278. The molecule has 4 rings (SSSR count). The first-order valence-electron chi connectivity index (χ1n) is 11.6. The van der Waals surface area contributed by atoms with E-state index >= 15 is 0 Å². The summed E-state index contributed by atoms with van der Waals surface area (Å²) in [5.74, 6) is -0.995. The minimum Gasteiger partial charge on any atom is -0.478 e. The van der Waals surface area contributed by atoms with Crippen molar-refractivity contribution in [1.82, 2.24) is 4.90 Å². The zero-order chi connectivity index (χ0) is 25.9. The molecule has 1 amide bonds. The Morgan fingerprint density at radius 3 is 2.50 bits per heavy atom. The molecule has 0 unspecified atom stereocenters. The van der Waals surface area contributed by atoms with Gasteiger partial charge in [0.2, 0.25) is 0 Å². The Balaban J connectivity index is 1.67. The predicted molar refractivity (Wildman–Crippen MR) is 140 cm³/mol. The summed E-state index contributed by atoms with van der Waals surface area (Å²) < 4.78 is 12.3. The molecule has 0 saturated heterocycles. The third-order valence-electron chi connectivity index (χ3n) is 6.29. The number of carbonyl (C=O) groups is 3. The molecule has 2 N–H and O–H groups in total. The third kappa shape index (κ3) is 5.49. The fourth-order valence-electron chi connectivity index (χ4n) is 4.72. The van der Waals surface area contributed by atoms with Crippen molar-refractivity contribution >= 4 is 55.6 Å². The molecule has 3 aromatic rings. The van der Waals surface area contributed by atoms with Crippen LogP contribution in [0.5, 0.6) is 0 Å². The molecule has 0 bridgehead atoms. The molecule has 8 nitrogen and oxygen atoms in total. The number of nitrogens with zero attached hydrogens (tertiary/aromatic N) is 1. The van der Waals surface area contributed by atoms with Crippen LogP contribution < -0.4 is 0 Å². The number of rotatable bonds is 8. The average molecular weight is 576 g/mol. The summed E-state index contributed by atoms with van der Waals surface area (Å²) >= 11 is 5.14. The highest BCUT2D eigenvalue weighted by atomic mass is 79.9. The minimum atomic E-state index is -1.35. The van der Waals surface area contributed by atoms with Crippen LogP contribution in [0, 0.1) is 0 Å². The zero-order valence-electron chi connectivity index (χ0n) is 19.7. The predicted octanol–water partition coefficient (Wildman–Crippen LogP) is 6.99. The van der Waals surface area contributed by atoms with Crippen molar-refractivity contribution in [2.45, 2.75) is 44.8 Å². The fourth-order valence-corrected chi connectivity index (χ4v) is 6.75. The summed E-state index contributed by atoms with van der Waals surface area (Å²) in [6, 6.07) is 12.7. The number of thiophene rings is 1. The Morgan fingerprint density at radius 1 is 1.11 bits per heavy atom. The Morgan fingerprint density at radius 2 is 1.83 bits per heavy atom. The number of hydrogen-bond acceptors (Lipinski definition) is 6. The number of aromatic carboxylic acids is 1. The van der Waals surface area contributed by atoms with Gasteiger partial charge in [0.1, 0.15) is 5.60 Å². The molecular formula is C26H26BrNO7S. The van der Waals surface area contributed by atoms with Gasteiger partial charge in [-0.3, -0.25) is 4.90 Å². The van der Waals surface area contributed by atoms with E-state index in [9.17, 15) is 24.6 Å². The fraction of sp³-hybridized carbons (Fsp3) is 0.346. The van der Waals surface area contributed by atoms with E-state index in [4.69, 9.17) is 9.47 Å². The van der Waals surface area contributed by atoms with Crippen molar-refractivity contribution < 1.29 is 34.1 Å². The van der Waals surface area contributed by atoms with E-state index in [-0.39, 0.29) is 25.3 Å². The van der Waals surface area contributed by atoms with Crippen LogP contribution in [0.4, 0.5) is 9.59 Å². The van der Waals surface area contributed by atoms with E-state index in [2.05, 4.69) is 15.9 Å². The third-order valence-corrected chi connectivity index (χ3v) is 8.58. The lowest BCUT2D eigenvalue weighted by atomic mass is 10.0. The summed E-state index contributed by atoms with van der Waals surface area (Å²) in [6.45, 7) is 2.24. The molecule has 1 heterocycles. The van der Waals surface area contributed by atoms with Crippen molar-refractivity contribution in [3.63, 3.8) is 0 Å². The second kappa shape index (κ2) is 10.9. The van der Waals surface area contributed by atoms with Crippen LogP contribution in [-0.2, 0) is 16.0 Å². The normalized spacial score (nSPS) is 14.5. The first-order chi connectivity index (χ1) is 17.2. The molecule has 1 fully saturated rings. The SMILES string of the molecule is CCOC(=O)N(Cc1ccc2sc(-c3ccccc3C(=O)O)c(Br)c2c1)CC1(OC(=O)O)CCCC1. The molecule has 1 aliphatic rings. The molecule has 1 aromatic heterocycles. The molecule has 0 aliphatic heterocycles. The molecule has 1 saturated carbocycles. The molecule has 1 aliphatic carbocycles. The largest absolute Gasteiger partial charge is 0.506 e. The number of benzene rings is 2. The number of carbonyl (C=O) groups excluding carboxylic acids is 1. The van der Waals surface area contributed by atoms with Crippen molar-refractivity contribution in [3.05, 3.63) is 58.1 Å². The number of hydrogen-bond donors (Lipinski definition) is 2. The van der Waals surface area contributed by atoms with Gasteiger partial charge in [-0.15, -0.1) is 11.3 Å². The van der Waals surface area contributed by atoms with Crippen LogP contribution in [0.1, 0.15) is 48.5 Å². The maximum Gasteiger partial charge on any atom is 0.506 e. The highest BCUT2D eigenvalue weighted by Gasteiger charge is 2.41.